The van der Waals surface area contributed by atoms with Crippen molar-refractivity contribution in [3.8, 4) is 51.0 Å². The number of para-hydroxylation sites is 2. The van der Waals surface area contributed by atoms with Gasteiger partial charge in [-0.1, -0.05) is 146 Å². The molecule has 0 saturated heterocycles. The van der Waals surface area contributed by atoms with E-state index in [0.717, 1.165) is 71.2 Å². The molecule has 6 heteroatoms. The molecule has 0 aliphatic carbocycles. The van der Waals surface area contributed by atoms with E-state index in [-0.39, 0.29) is 0 Å². The van der Waals surface area contributed by atoms with Crippen molar-refractivity contribution in [3.63, 3.8) is 0 Å². The average Bonchev–Trinajstić information content (AvgIpc) is 4.01. The SMILES string of the molecule is c1ccc(-c2ccc(-c3nc(-c4ccc(-n5c6ccccc6c6cc7ccccc7cc65)c5c4oc4ccccc45)nc(-c4cccc5c4sc4ccccc45)n3)cc2)cc1. The maximum atomic E-state index is 6.93. The number of fused-ring (bicyclic) bond motifs is 10. The number of hydrogen-bond donors (Lipinski definition) is 0. The van der Waals surface area contributed by atoms with Crippen molar-refractivity contribution >= 4 is 86.0 Å². The minimum Gasteiger partial charge on any atom is -0.455 e. The largest absolute Gasteiger partial charge is 0.455 e. The quantitative estimate of drug-likeness (QED) is 0.174. The van der Waals surface area contributed by atoms with E-state index in [0.29, 0.717) is 17.5 Å². The lowest BCUT2D eigenvalue weighted by molar-refractivity contribution is 0.669. The first-order valence-corrected chi connectivity index (χ1v) is 21.2. The minimum atomic E-state index is 0.550. The number of hydrogen-bond acceptors (Lipinski definition) is 5. The summed E-state index contributed by atoms with van der Waals surface area (Å²) in [6.45, 7) is 0. The van der Waals surface area contributed by atoms with Crippen LogP contribution in [-0.4, -0.2) is 19.5 Å². The zero-order chi connectivity index (χ0) is 40.0. The van der Waals surface area contributed by atoms with Crippen molar-refractivity contribution < 1.29 is 4.42 Å². The number of benzene rings is 9. The molecular weight excluding hydrogens is 765 g/mol. The van der Waals surface area contributed by atoms with Gasteiger partial charge in [0.25, 0.3) is 0 Å². The van der Waals surface area contributed by atoms with Gasteiger partial charge in [-0.25, -0.2) is 15.0 Å². The summed E-state index contributed by atoms with van der Waals surface area (Å²) in [6.07, 6.45) is 0. The molecule has 61 heavy (non-hydrogen) atoms. The maximum Gasteiger partial charge on any atom is 0.167 e. The molecule has 0 amide bonds. The third-order valence-electron chi connectivity index (χ3n) is 12.1. The highest BCUT2D eigenvalue weighted by Crippen LogP contribution is 2.44. The highest BCUT2D eigenvalue weighted by molar-refractivity contribution is 7.26. The van der Waals surface area contributed by atoms with Crippen LogP contribution in [0.2, 0.25) is 0 Å². The van der Waals surface area contributed by atoms with Gasteiger partial charge in [-0.05, 0) is 70.4 Å². The molecule has 4 heterocycles. The highest BCUT2D eigenvalue weighted by Gasteiger charge is 2.24. The van der Waals surface area contributed by atoms with Crippen molar-refractivity contribution in [2.75, 3.05) is 0 Å². The standard InChI is InChI=1S/C55H32N4OS/c1-2-13-33(14-3-1)34-25-27-35(28-26-34)53-56-54(58-55(57-53)43-21-12-20-40-39-18-8-11-24-49(39)61-52(40)43)42-29-30-46(50-41-19-7-10-23-48(41)60-51(42)50)59-45-22-9-6-17-38(45)44-31-36-15-4-5-16-37(36)32-47(44)59/h1-32H. The van der Waals surface area contributed by atoms with E-state index in [1.165, 1.54) is 37.0 Å². The van der Waals surface area contributed by atoms with Crippen molar-refractivity contribution in [3.05, 3.63) is 194 Å². The number of thiophene rings is 1. The first-order valence-electron chi connectivity index (χ1n) is 20.4. The van der Waals surface area contributed by atoms with Crippen molar-refractivity contribution in [1.29, 1.82) is 0 Å². The number of rotatable bonds is 5. The number of nitrogens with zero attached hydrogens (tertiary/aromatic N) is 4. The topological polar surface area (TPSA) is 56.7 Å². The molecule has 0 atom stereocenters. The van der Waals surface area contributed by atoms with E-state index in [9.17, 15) is 0 Å². The van der Waals surface area contributed by atoms with Gasteiger partial charge in [0.05, 0.1) is 27.7 Å². The van der Waals surface area contributed by atoms with Crippen LogP contribution in [0, 0.1) is 0 Å². The van der Waals surface area contributed by atoms with Crippen LogP contribution in [-0.2, 0) is 0 Å². The second kappa shape index (κ2) is 13.3. The molecule has 9 aromatic carbocycles. The van der Waals surface area contributed by atoms with Crippen molar-refractivity contribution in [2.24, 2.45) is 0 Å². The molecule has 13 aromatic rings. The lowest BCUT2D eigenvalue weighted by Crippen LogP contribution is -2.01. The molecule has 0 spiro atoms. The van der Waals surface area contributed by atoms with E-state index in [1.807, 2.05) is 18.2 Å². The monoisotopic (exact) mass is 796 g/mol. The van der Waals surface area contributed by atoms with E-state index >= 15 is 0 Å². The predicted octanol–water partition coefficient (Wildman–Crippen LogP) is 15.1. The van der Waals surface area contributed by atoms with Gasteiger partial charge < -0.3 is 8.98 Å². The van der Waals surface area contributed by atoms with Crippen molar-refractivity contribution in [2.45, 2.75) is 0 Å². The molecule has 0 fully saturated rings. The molecule has 0 bridgehead atoms. The Labute approximate surface area is 353 Å². The van der Waals surface area contributed by atoms with E-state index in [2.05, 4.69) is 180 Å². The molecule has 0 aliphatic rings. The Morgan fingerprint density at radius 1 is 0.410 bits per heavy atom. The van der Waals surface area contributed by atoms with Crippen LogP contribution < -0.4 is 0 Å². The summed E-state index contributed by atoms with van der Waals surface area (Å²) in [5, 5.41) is 9.28. The Hall–Kier alpha value is -7.93. The van der Waals surface area contributed by atoms with Crippen molar-refractivity contribution in [1.82, 2.24) is 19.5 Å². The van der Waals surface area contributed by atoms with E-state index < -0.39 is 0 Å². The normalized spacial score (nSPS) is 11.9. The van der Waals surface area contributed by atoms with Gasteiger partial charge >= 0.3 is 0 Å². The lowest BCUT2D eigenvalue weighted by atomic mass is 10.0. The Kier molecular flexibility index (Phi) is 7.41. The fraction of sp³-hybridized carbons (Fsp3) is 0. The molecule has 284 valence electrons. The van der Waals surface area contributed by atoms with Crippen LogP contribution in [0.15, 0.2) is 199 Å². The van der Waals surface area contributed by atoms with Crippen LogP contribution in [0.25, 0.3) is 126 Å². The van der Waals surface area contributed by atoms with Gasteiger partial charge in [-0.3, -0.25) is 0 Å². The van der Waals surface area contributed by atoms with Crippen LogP contribution in [0.5, 0.6) is 0 Å². The maximum absolute atomic E-state index is 6.93. The third-order valence-corrected chi connectivity index (χ3v) is 13.3. The zero-order valence-corrected chi connectivity index (χ0v) is 33.4. The van der Waals surface area contributed by atoms with Gasteiger partial charge in [0.15, 0.2) is 17.5 Å². The smallest absolute Gasteiger partial charge is 0.167 e. The molecule has 5 nitrogen and oxygen atoms in total. The van der Waals surface area contributed by atoms with Crippen LogP contribution in [0.1, 0.15) is 0 Å². The minimum absolute atomic E-state index is 0.550. The molecule has 0 unspecified atom stereocenters. The van der Waals surface area contributed by atoms with Gasteiger partial charge in [-0.15, -0.1) is 11.3 Å². The summed E-state index contributed by atoms with van der Waals surface area (Å²) in [6, 6.07) is 68.5. The molecule has 13 rings (SSSR count). The lowest BCUT2D eigenvalue weighted by Gasteiger charge is -2.13. The first-order chi connectivity index (χ1) is 30.2. The Bertz CT molecular complexity index is 3880. The number of furan rings is 1. The van der Waals surface area contributed by atoms with Gasteiger partial charge in [0.2, 0.25) is 0 Å². The van der Waals surface area contributed by atoms with Gasteiger partial charge in [0.1, 0.15) is 11.2 Å². The second-order valence-corrected chi connectivity index (χ2v) is 16.6. The molecule has 4 aromatic heterocycles. The fourth-order valence-electron chi connectivity index (χ4n) is 9.20. The zero-order valence-electron chi connectivity index (χ0n) is 32.6. The molecule has 0 N–H and O–H groups in total. The summed E-state index contributed by atoms with van der Waals surface area (Å²) >= 11 is 1.77. The third kappa shape index (κ3) is 5.29. The fourth-order valence-corrected chi connectivity index (χ4v) is 10.4. The van der Waals surface area contributed by atoms with Gasteiger partial charge in [-0.2, -0.15) is 0 Å². The predicted molar refractivity (Wildman–Crippen MR) is 254 cm³/mol. The average molecular weight is 797 g/mol. The molecular formula is C55H32N4OS. The summed E-state index contributed by atoms with van der Waals surface area (Å²) < 4.78 is 11.7. The summed E-state index contributed by atoms with van der Waals surface area (Å²) in [4.78, 5) is 15.9. The summed E-state index contributed by atoms with van der Waals surface area (Å²) in [5.74, 6) is 1.77. The second-order valence-electron chi connectivity index (χ2n) is 15.5. The van der Waals surface area contributed by atoms with E-state index in [4.69, 9.17) is 19.4 Å². The summed E-state index contributed by atoms with van der Waals surface area (Å²) in [7, 11) is 0. The summed E-state index contributed by atoms with van der Waals surface area (Å²) in [5.41, 5.74) is 9.81. The Morgan fingerprint density at radius 3 is 1.90 bits per heavy atom. The van der Waals surface area contributed by atoms with Crippen LogP contribution in [0.3, 0.4) is 0 Å². The van der Waals surface area contributed by atoms with Crippen LogP contribution in [0.4, 0.5) is 0 Å². The van der Waals surface area contributed by atoms with Crippen LogP contribution >= 0.6 is 11.3 Å². The molecule has 0 radical (unpaired) electrons. The Morgan fingerprint density at radius 2 is 1.05 bits per heavy atom. The molecule has 0 saturated carbocycles. The molecule has 0 aliphatic heterocycles. The van der Waals surface area contributed by atoms with Gasteiger partial charge in [0, 0.05) is 47.5 Å². The highest BCUT2D eigenvalue weighted by atomic mass is 32.1. The number of aromatic nitrogens is 4. The Balaban J connectivity index is 1.08. The first kappa shape index (κ1) is 34.0. The van der Waals surface area contributed by atoms with E-state index in [1.54, 1.807) is 11.3 Å².